The first-order valence-corrected chi connectivity index (χ1v) is 20.3. The van der Waals surface area contributed by atoms with Crippen LogP contribution < -0.4 is 16.0 Å². The number of phenolic OH excluding ortho intramolecular Hbond substituents is 1. The Kier molecular flexibility index (Phi) is 16.2. The second kappa shape index (κ2) is 19.2. The molecule has 52 heavy (non-hydrogen) atoms. The van der Waals surface area contributed by atoms with Crippen LogP contribution in [0, 0.1) is 38.5 Å². The summed E-state index contributed by atoms with van der Waals surface area (Å²) in [4.78, 5) is 41.6. The van der Waals surface area contributed by atoms with Crippen molar-refractivity contribution in [3.05, 3.63) is 55.4 Å². The van der Waals surface area contributed by atoms with Gasteiger partial charge in [0.25, 0.3) is 5.56 Å². The maximum atomic E-state index is 11.6. The lowest BCUT2D eigenvalue weighted by Gasteiger charge is -2.38. The monoisotopic (exact) mass is 754 g/mol. The van der Waals surface area contributed by atoms with E-state index in [0.29, 0.717) is 5.75 Å². The molecule has 2 aliphatic heterocycles. The molecule has 1 aromatic carbocycles. The zero-order valence-electron chi connectivity index (χ0n) is 32.3. The van der Waals surface area contributed by atoms with Crippen LogP contribution in [-0.4, -0.2) is 65.2 Å². The molecule has 13 nitrogen and oxygen atoms in total. The SMILES string of the molecule is Cc1c(C)c2c(c(C)c1O)CC[C@@](C)(CCC[C@H](C)CCC[C@H](C)CCCC(C)C)O2.O=c1ccn([C@@H]2O[C@H](COP(=O)(O)O)[C@@H](O)[C@H]2O)c(=O)[nH]1. The molecular weight excluding hydrogens is 691 g/mol. The fourth-order valence-corrected chi connectivity index (χ4v) is 7.51. The van der Waals surface area contributed by atoms with Crippen molar-refractivity contribution in [1.29, 1.82) is 0 Å². The Balaban J connectivity index is 0.000000302. The van der Waals surface area contributed by atoms with E-state index in [-0.39, 0.29) is 5.60 Å². The Hall–Kier alpha value is -2.51. The first-order valence-electron chi connectivity index (χ1n) is 18.8. The predicted octanol–water partition coefficient (Wildman–Crippen LogP) is 6.11. The Labute approximate surface area is 308 Å². The summed E-state index contributed by atoms with van der Waals surface area (Å²) in [5, 5.41) is 30.0. The van der Waals surface area contributed by atoms with Gasteiger partial charge in [-0.15, -0.1) is 0 Å². The molecule has 0 saturated carbocycles. The quantitative estimate of drug-likeness (QED) is 0.108. The summed E-state index contributed by atoms with van der Waals surface area (Å²) in [6.45, 7) is 17.3. The van der Waals surface area contributed by atoms with Crippen molar-refractivity contribution >= 4 is 7.82 Å². The molecule has 6 N–H and O–H groups in total. The third-order valence-corrected chi connectivity index (χ3v) is 11.2. The van der Waals surface area contributed by atoms with Gasteiger partial charge in [-0.25, -0.2) is 9.36 Å². The summed E-state index contributed by atoms with van der Waals surface area (Å²) in [6.07, 6.45) is 9.47. The number of aliphatic hydroxyl groups is 2. The van der Waals surface area contributed by atoms with Crippen LogP contribution in [0.2, 0.25) is 0 Å². The molecule has 3 heterocycles. The van der Waals surface area contributed by atoms with Gasteiger partial charge in [0, 0.05) is 17.8 Å². The summed E-state index contributed by atoms with van der Waals surface area (Å²) < 4.78 is 27.4. The van der Waals surface area contributed by atoms with Gasteiger partial charge in [-0.1, -0.05) is 72.6 Å². The number of fused-ring (bicyclic) bond motifs is 1. The van der Waals surface area contributed by atoms with Gasteiger partial charge in [-0.2, -0.15) is 0 Å². The first kappa shape index (κ1) is 43.9. The maximum Gasteiger partial charge on any atom is 0.469 e. The van der Waals surface area contributed by atoms with Crippen LogP contribution in [0.4, 0.5) is 0 Å². The number of ether oxygens (including phenoxy) is 2. The van der Waals surface area contributed by atoms with E-state index in [4.69, 9.17) is 19.3 Å². The largest absolute Gasteiger partial charge is 0.507 e. The van der Waals surface area contributed by atoms with Crippen molar-refractivity contribution in [3.8, 4) is 11.5 Å². The number of aromatic nitrogens is 2. The number of rotatable bonds is 16. The Morgan fingerprint density at radius 1 is 0.942 bits per heavy atom. The number of hydrogen-bond acceptors (Lipinski definition) is 9. The van der Waals surface area contributed by atoms with Gasteiger partial charge in [0.2, 0.25) is 0 Å². The number of phosphoric ester groups is 1. The van der Waals surface area contributed by atoms with E-state index in [0.717, 1.165) is 76.3 Å². The molecular formula is C38H63N2O11P. The van der Waals surface area contributed by atoms with E-state index in [1.807, 2.05) is 18.8 Å². The summed E-state index contributed by atoms with van der Waals surface area (Å²) in [6, 6.07) is 1.02. The summed E-state index contributed by atoms with van der Waals surface area (Å²) in [5.41, 5.74) is 2.72. The number of nitrogens with zero attached hydrogens (tertiary/aromatic N) is 1. The van der Waals surface area contributed by atoms with E-state index in [1.54, 1.807) is 0 Å². The highest BCUT2D eigenvalue weighted by molar-refractivity contribution is 7.46. The third kappa shape index (κ3) is 12.5. The van der Waals surface area contributed by atoms with Gasteiger partial charge in [-0.05, 0) is 87.8 Å². The highest BCUT2D eigenvalue weighted by atomic mass is 31.2. The second-order valence-electron chi connectivity index (χ2n) is 15.8. The van der Waals surface area contributed by atoms with Gasteiger partial charge in [0.15, 0.2) is 6.23 Å². The zero-order valence-corrected chi connectivity index (χ0v) is 33.2. The van der Waals surface area contributed by atoms with Crippen molar-refractivity contribution in [2.24, 2.45) is 17.8 Å². The molecule has 1 fully saturated rings. The molecule has 0 spiro atoms. The molecule has 7 atom stereocenters. The van der Waals surface area contributed by atoms with E-state index < -0.39 is 50.2 Å². The van der Waals surface area contributed by atoms with E-state index >= 15 is 0 Å². The van der Waals surface area contributed by atoms with Gasteiger partial charge in [-0.3, -0.25) is 18.9 Å². The molecule has 0 radical (unpaired) electrons. The smallest absolute Gasteiger partial charge is 0.469 e. The minimum Gasteiger partial charge on any atom is -0.507 e. The standard InChI is InChI=1S/C29H50O2.C9H13N2O9P/c1-20(2)12-9-13-21(3)14-10-15-22(4)16-11-18-29(8)19-17-26-25(7)27(30)23(5)24(6)28(26)31-29;12-5-1-2-11(9(15)10-5)8-7(14)6(13)4(20-8)3-19-21(16,17)18/h20-22,30H,9-19H2,1-8H3;1-2,4,6-8,13-14H,3H2,(H,10,12,15)(H2,16,17,18)/t21-,22-,29-;4-,6-,7-,8-/m11/s1. The maximum absolute atomic E-state index is 11.6. The third-order valence-electron chi connectivity index (χ3n) is 10.7. The second-order valence-corrected chi connectivity index (χ2v) is 17.0. The Morgan fingerprint density at radius 3 is 2.12 bits per heavy atom. The van der Waals surface area contributed by atoms with Crippen molar-refractivity contribution in [2.45, 2.75) is 156 Å². The molecule has 1 saturated heterocycles. The molecule has 0 amide bonds. The van der Waals surface area contributed by atoms with Crippen LogP contribution in [-0.2, 0) is 20.2 Å². The minimum absolute atomic E-state index is 0.0712. The lowest BCUT2D eigenvalue weighted by molar-refractivity contribution is -0.0543. The van der Waals surface area contributed by atoms with Crippen LogP contribution in [0.1, 0.15) is 127 Å². The lowest BCUT2D eigenvalue weighted by Crippen LogP contribution is -2.37. The highest BCUT2D eigenvalue weighted by Gasteiger charge is 2.45. The number of aliphatic hydroxyl groups excluding tert-OH is 2. The molecule has 4 rings (SSSR count). The van der Waals surface area contributed by atoms with Crippen LogP contribution >= 0.6 is 7.82 Å². The zero-order chi connectivity index (χ0) is 39.0. The van der Waals surface area contributed by atoms with Crippen LogP contribution in [0.5, 0.6) is 11.5 Å². The average molecular weight is 755 g/mol. The van der Waals surface area contributed by atoms with Crippen molar-refractivity contribution < 1.29 is 43.7 Å². The van der Waals surface area contributed by atoms with Crippen molar-refractivity contribution in [2.75, 3.05) is 6.61 Å². The first-order chi connectivity index (χ1) is 24.2. The molecule has 0 unspecified atom stereocenters. The average Bonchev–Trinajstić information content (AvgIpc) is 3.33. The Morgan fingerprint density at radius 2 is 1.54 bits per heavy atom. The van der Waals surface area contributed by atoms with Gasteiger partial charge in [0.05, 0.1) is 6.61 Å². The van der Waals surface area contributed by atoms with Gasteiger partial charge in [0.1, 0.15) is 35.4 Å². The fraction of sp³-hybridized carbons (Fsp3) is 0.737. The number of phenols is 1. The van der Waals surface area contributed by atoms with Gasteiger partial charge >= 0.3 is 13.5 Å². The van der Waals surface area contributed by atoms with Gasteiger partial charge < -0.3 is 34.6 Å². The summed E-state index contributed by atoms with van der Waals surface area (Å²) >= 11 is 0. The van der Waals surface area contributed by atoms with Crippen molar-refractivity contribution in [1.82, 2.24) is 9.55 Å². The summed E-state index contributed by atoms with van der Waals surface area (Å²) in [5.74, 6) is 4.04. The number of nitrogens with one attached hydrogen (secondary N) is 1. The Bertz CT molecular complexity index is 1620. The number of aromatic hydroxyl groups is 1. The topological polar surface area (TPSA) is 201 Å². The molecule has 296 valence electrons. The minimum atomic E-state index is -4.76. The number of phosphoric acid groups is 1. The molecule has 0 bridgehead atoms. The molecule has 2 aromatic rings. The fourth-order valence-electron chi connectivity index (χ4n) is 7.17. The van der Waals surface area contributed by atoms with Crippen LogP contribution in [0.15, 0.2) is 21.9 Å². The van der Waals surface area contributed by atoms with Crippen LogP contribution in [0.3, 0.4) is 0 Å². The predicted molar refractivity (Wildman–Crippen MR) is 200 cm³/mol. The highest BCUT2D eigenvalue weighted by Crippen LogP contribution is 2.44. The van der Waals surface area contributed by atoms with E-state index in [1.165, 1.54) is 56.9 Å². The molecule has 0 aliphatic carbocycles. The van der Waals surface area contributed by atoms with E-state index in [9.17, 15) is 29.5 Å². The number of H-pyrrole nitrogens is 1. The molecule has 2 aliphatic rings. The van der Waals surface area contributed by atoms with Crippen molar-refractivity contribution in [3.63, 3.8) is 0 Å². The number of benzene rings is 1. The normalized spacial score (nSPS) is 24.2. The lowest BCUT2D eigenvalue weighted by atomic mass is 9.84. The van der Waals surface area contributed by atoms with E-state index in [2.05, 4.69) is 46.1 Å². The van der Waals surface area contributed by atoms with Crippen LogP contribution in [0.25, 0.3) is 0 Å². The number of aromatic amines is 1. The number of hydrogen-bond donors (Lipinski definition) is 6. The molecule has 1 aromatic heterocycles. The molecule has 14 heteroatoms. The summed E-state index contributed by atoms with van der Waals surface area (Å²) in [7, 11) is -4.76.